The first-order chi connectivity index (χ1) is 25.8. The molecule has 0 aromatic heterocycles. The fourth-order valence-corrected chi connectivity index (χ4v) is 9.03. The van der Waals surface area contributed by atoms with Gasteiger partial charge in [-0.15, -0.1) is 0 Å². The minimum Gasteiger partial charge on any atom is -0.497 e. The van der Waals surface area contributed by atoms with E-state index in [9.17, 15) is 9.59 Å². The fraction of sp³-hybridized carbons (Fsp3) is 0.435. The maximum Gasteiger partial charge on any atom is 0.221 e. The molecule has 280 valence electrons. The molecule has 2 aliphatic rings. The van der Waals surface area contributed by atoms with E-state index in [1.807, 2.05) is 24.3 Å². The average molecular weight is 716 g/mol. The molecule has 1 fully saturated rings. The number of amides is 2. The summed E-state index contributed by atoms with van der Waals surface area (Å²) in [5.41, 5.74) is 7.23. The highest BCUT2D eigenvalue weighted by molar-refractivity contribution is 5.90. The van der Waals surface area contributed by atoms with Crippen molar-refractivity contribution in [2.24, 2.45) is 0 Å². The molecule has 0 saturated carbocycles. The van der Waals surface area contributed by atoms with Crippen LogP contribution in [0.2, 0.25) is 0 Å². The number of fused-ring (bicyclic) bond motifs is 1. The third-order valence-electron chi connectivity index (χ3n) is 11.8. The van der Waals surface area contributed by atoms with Crippen LogP contribution in [0.5, 0.6) is 11.5 Å². The molecule has 1 aliphatic heterocycles. The Morgan fingerprint density at radius 2 is 1.51 bits per heavy atom. The van der Waals surface area contributed by atoms with Crippen molar-refractivity contribution in [3.63, 3.8) is 0 Å². The van der Waals surface area contributed by atoms with Crippen LogP contribution < -0.4 is 20.1 Å². The van der Waals surface area contributed by atoms with Crippen LogP contribution in [0.15, 0.2) is 97.1 Å². The molecule has 7 heteroatoms. The molecular weight excluding hydrogens is 659 g/mol. The number of benzene rings is 4. The maximum absolute atomic E-state index is 12.9. The molecule has 7 nitrogen and oxygen atoms in total. The van der Waals surface area contributed by atoms with Crippen LogP contribution >= 0.6 is 0 Å². The predicted molar refractivity (Wildman–Crippen MR) is 214 cm³/mol. The summed E-state index contributed by atoms with van der Waals surface area (Å²) in [5, 5.41) is 6.22. The number of likely N-dealkylation sites (tertiary alicyclic amines) is 1. The average Bonchev–Trinajstić information content (AvgIpc) is 3.19. The van der Waals surface area contributed by atoms with E-state index in [0.29, 0.717) is 19.4 Å². The number of nitrogens with one attached hydrogen (secondary N) is 2. The summed E-state index contributed by atoms with van der Waals surface area (Å²) in [4.78, 5) is 27.7. The summed E-state index contributed by atoms with van der Waals surface area (Å²) in [6.45, 7) is 4.38. The molecule has 2 amide bonds. The van der Waals surface area contributed by atoms with Crippen LogP contribution in [-0.2, 0) is 34.3 Å². The van der Waals surface area contributed by atoms with Gasteiger partial charge in [-0.3, -0.25) is 14.5 Å². The Bertz CT molecular complexity index is 1750. The van der Waals surface area contributed by atoms with Gasteiger partial charge in [-0.2, -0.15) is 0 Å². The highest BCUT2D eigenvalue weighted by atomic mass is 16.5. The normalized spacial score (nSPS) is 17.2. The summed E-state index contributed by atoms with van der Waals surface area (Å²) >= 11 is 0. The highest BCUT2D eigenvalue weighted by Crippen LogP contribution is 2.45. The number of carbonyl (C=O) groups excluding carboxylic acids is 2. The van der Waals surface area contributed by atoms with Crippen molar-refractivity contribution in [3.05, 3.63) is 125 Å². The molecule has 1 heterocycles. The van der Waals surface area contributed by atoms with Gasteiger partial charge in [-0.25, -0.2) is 0 Å². The smallest absolute Gasteiger partial charge is 0.221 e. The van der Waals surface area contributed by atoms with Gasteiger partial charge in [-0.05, 0) is 129 Å². The van der Waals surface area contributed by atoms with Crippen LogP contribution in [0.4, 0.5) is 5.69 Å². The number of aryl methyl sites for hydroxylation is 2. The quantitative estimate of drug-likeness (QED) is 0.114. The van der Waals surface area contributed by atoms with Gasteiger partial charge in [0, 0.05) is 30.8 Å². The Balaban J connectivity index is 1.15. The predicted octanol–water partition coefficient (Wildman–Crippen LogP) is 8.67. The van der Waals surface area contributed by atoms with E-state index >= 15 is 0 Å². The first kappa shape index (κ1) is 38.1. The second-order valence-electron chi connectivity index (χ2n) is 15.1. The number of ether oxygens (including phenoxy) is 2. The monoisotopic (exact) mass is 715 g/mol. The van der Waals surface area contributed by atoms with Crippen molar-refractivity contribution in [1.82, 2.24) is 10.2 Å². The summed E-state index contributed by atoms with van der Waals surface area (Å²) in [7, 11) is 3.34. The lowest BCUT2D eigenvalue weighted by atomic mass is 9.68. The van der Waals surface area contributed by atoms with Gasteiger partial charge in [0.25, 0.3) is 0 Å². The van der Waals surface area contributed by atoms with E-state index in [1.54, 1.807) is 21.1 Å². The Morgan fingerprint density at radius 1 is 0.811 bits per heavy atom. The molecule has 0 radical (unpaired) electrons. The zero-order valence-electron chi connectivity index (χ0n) is 31.9. The molecule has 4 aromatic rings. The first-order valence-corrected chi connectivity index (χ1v) is 19.6. The number of hydrogen-bond acceptors (Lipinski definition) is 5. The van der Waals surface area contributed by atoms with Crippen molar-refractivity contribution in [3.8, 4) is 11.5 Å². The lowest BCUT2D eigenvalue weighted by Crippen LogP contribution is -2.55. The maximum atomic E-state index is 12.9. The van der Waals surface area contributed by atoms with Crippen molar-refractivity contribution in [1.29, 1.82) is 0 Å². The first-order valence-electron chi connectivity index (χ1n) is 19.6. The van der Waals surface area contributed by atoms with Crippen molar-refractivity contribution < 1.29 is 19.1 Å². The Kier molecular flexibility index (Phi) is 12.9. The minimum atomic E-state index is -0.164. The summed E-state index contributed by atoms with van der Waals surface area (Å²) in [5.74, 6) is 1.58. The van der Waals surface area contributed by atoms with Gasteiger partial charge in [0.05, 0.1) is 19.9 Å². The second kappa shape index (κ2) is 17.9. The number of carbonyl (C=O) groups is 2. The van der Waals surface area contributed by atoms with Gasteiger partial charge in [-0.1, -0.05) is 79.2 Å². The van der Waals surface area contributed by atoms with Gasteiger partial charge < -0.3 is 20.1 Å². The minimum absolute atomic E-state index is 0.0829. The van der Waals surface area contributed by atoms with Crippen LogP contribution in [0.3, 0.4) is 0 Å². The number of anilines is 1. The molecule has 1 unspecified atom stereocenters. The summed E-state index contributed by atoms with van der Waals surface area (Å²) in [6.07, 6.45) is 12.0. The zero-order chi connectivity index (χ0) is 37.1. The molecule has 53 heavy (non-hydrogen) atoms. The second-order valence-corrected chi connectivity index (χ2v) is 15.1. The lowest BCUT2D eigenvalue weighted by molar-refractivity contribution is -0.121. The molecule has 4 aromatic carbocycles. The van der Waals surface area contributed by atoms with E-state index in [4.69, 9.17) is 9.47 Å². The number of hydrogen-bond donors (Lipinski definition) is 2. The number of nitrogens with zero attached hydrogens (tertiary/aromatic N) is 1. The van der Waals surface area contributed by atoms with Crippen LogP contribution in [0, 0.1) is 0 Å². The number of piperidine rings is 1. The molecule has 1 aliphatic carbocycles. The van der Waals surface area contributed by atoms with E-state index in [0.717, 1.165) is 80.8 Å². The summed E-state index contributed by atoms with van der Waals surface area (Å²) in [6, 6.07) is 34.3. The molecule has 1 atom stereocenters. The van der Waals surface area contributed by atoms with E-state index < -0.39 is 0 Å². The van der Waals surface area contributed by atoms with Crippen molar-refractivity contribution in [2.45, 2.75) is 94.9 Å². The van der Waals surface area contributed by atoms with Gasteiger partial charge in [0.15, 0.2) is 0 Å². The molecule has 2 N–H and O–H groups in total. The standard InChI is InChI=1S/C46H57N3O4/c1-35(50)48-42-32-38-34-45(28-24-37(38)33-43(42)53-3)25-10-11-30-49(45)31-13-27-46(39-14-6-4-7-15-39,40-16-8-5-9-17-40)26-12-29-47-44(51)23-20-36-18-21-41(52-2)22-19-36/h4-9,14-19,21-22,32-33H,10-13,20,23-31,34H2,1-3H3,(H,47,51)(H,48,50). The Morgan fingerprint density at radius 3 is 2.17 bits per heavy atom. The van der Waals surface area contributed by atoms with E-state index in [1.165, 1.54) is 41.5 Å². The highest BCUT2D eigenvalue weighted by Gasteiger charge is 2.42. The van der Waals surface area contributed by atoms with Gasteiger partial charge in [0.1, 0.15) is 11.5 Å². The Labute approximate surface area is 316 Å². The van der Waals surface area contributed by atoms with Gasteiger partial charge >= 0.3 is 0 Å². The molecule has 0 bridgehead atoms. The third kappa shape index (κ3) is 9.31. The van der Waals surface area contributed by atoms with Crippen LogP contribution in [-0.4, -0.2) is 56.1 Å². The zero-order valence-corrected chi connectivity index (χ0v) is 31.9. The van der Waals surface area contributed by atoms with E-state index in [-0.39, 0.29) is 22.8 Å². The lowest BCUT2D eigenvalue weighted by Gasteiger charge is -2.50. The number of methoxy groups -OCH3 is 2. The fourth-order valence-electron chi connectivity index (χ4n) is 9.03. The largest absolute Gasteiger partial charge is 0.497 e. The SMILES string of the molecule is COc1ccc(CCC(=O)NCCCC(CCCN2CCCCC23CCc2cc(OC)c(NC(C)=O)cc2C3)(c2ccccc2)c2ccccc2)cc1. The topological polar surface area (TPSA) is 79.9 Å². The molecule has 1 spiro atoms. The van der Waals surface area contributed by atoms with Crippen LogP contribution in [0.1, 0.15) is 92.5 Å². The molecular formula is C46H57N3O4. The van der Waals surface area contributed by atoms with Gasteiger partial charge in [0.2, 0.25) is 11.8 Å². The van der Waals surface area contributed by atoms with Crippen molar-refractivity contribution in [2.75, 3.05) is 39.2 Å². The summed E-state index contributed by atoms with van der Waals surface area (Å²) < 4.78 is 10.9. The van der Waals surface area contributed by atoms with Crippen LogP contribution in [0.25, 0.3) is 0 Å². The molecule has 1 saturated heterocycles. The molecule has 6 rings (SSSR count). The Hall–Kier alpha value is -4.62. The van der Waals surface area contributed by atoms with E-state index in [2.05, 4.69) is 88.3 Å². The number of rotatable bonds is 16. The van der Waals surface area contributed by atoms with Crippen molar-refractivity contribution >= 4 is 17.5 Å². The third-order valence-corrected chi connectivity index (χ3v) is 11.8.